The van der Waals surface area contributed by atoms with Gasteiger partial charge in [-0.3, -0.25) is 4.79 Å². The maximum Gasteiger partial charge on any atom is 0.433 e. The van der Waals surface area contributed by atoms with Gasteiger partial charge >= 0.3 is 6.18 Å². The molecule has 1 N–H and O–H groups in total. The molecule has 2 atom stereocenters. The van der Waals surface area contributed by atoms with E-state index in [0.29, 0.717) is 16.0 Å². The first kappa shape index (κ1) is 19.4. The summed E-state index contributed by atoms with van der Waals surface area (Å²) in [7, 11) is 0. The van der Waals surface area contributed by atoms with Crippen LogP contribution in [-0.2, 0) is 6.18 Å². The van der Waals surface area contributed by atoms with Crippen molar-refractivity contribution in [3.8, 4) is 11.3 Å². The quantitative estimate of drug-likeness (QED) is 0.689. The van der Waals surface area contributed by atoms with Crippen LogP contribution >= 0.6 is 0 Å². The Labute approximate surface area is 166 Å². The molecule has 2 unspecified atom stereocenters. The van der Waals surface area contributed by atoms with Crippen molar-refractivity contribution in [1.82, 2.24) is 19.9 Å². The zero-order chi connectivity index (χ0) is 20.6. The van der Waals surface area contributed by atoms with E-state index in [4.69, 9.17) is 0 Å². The second-order valence-corrected chi connectivity index (χ2v) is 7.53. The molecule has 29 heavy (non-hydrogen) atoms. The van der Waals surface area contributed by atoms with Gasteiger partial charge in [0.2, 0.25) is 0 Å². The van der Waals surface area contributed by atoms with Gasteiger partial charge in [0.25, 0.3) is 5.91 Å². The van der Waals surface area contributed by atoms with E-state index in [2.05, 4.69) is 22.3 Å². The van der Waals surface area contributed by atoms with Gasteiger partial charge in [-0.1, -0.05) is 50.1 Å². The predicted molar refractivity (Wildman–Crippen MR) is 102 cm³/mol. The lowest BCUT2D eigenvalue weighted by atomic mass is 9.86. The maximum absolute atomic E-state index is 13.7. The molecule has 3 aromatic rings. The van der Waals surface area contributed by atoms with Crippen molar-refractivity contribution in [2.45, 2.75) is 44.8 Å². The van der Waals surface area contributed by atoms with Gasteiger partial charge in [-0.2, -0.15) is 18.3 Å². The van der Waals surface area contributed by atoms with Crippen LogP contribution in [0.1, 0.15) is 48.7 Å². The minimum Gasteiger partial charge on any atom is -0.349 e. The van der Waals surface area contributed by atoms with Crippen molar-refractivity contribution in [1.29, 1.82) is 0 Å². The van der Waals surface area contributed by atoms with Crippen LogP contribution in [0.3, 0.4) is 0 Å². The first-order valence-corrected chi connectivity index (χ1v) is 9.67. The monoisotopic (exact) mass is 402 g/mol. The summed E-state index contributed by atoms with van der Waals surface area (Å²) in [5.74, 6) is -0.113. The summed E-state index contributed by atoms with van der Waals surface area (Å²) in [6.45, 7) is 2.08. The van der Waals surface area contributed by atoms with Gasteiger partial charge < -0.3 is 5.32 Å². The van der Waals surface area contributed by atoms with Crippen molar-refractivity contribution in [3.63, 3.8) is 0 Å². The van der Waals surface area contributed by atoms with E-state index in [9.17, 15) is 18.0 Å². The number of benzene rings is 1. The SMILES string of the molecule is CC1CCCCC1NC(=O)c1cnn2c(C(F)(F)F)cc(-c3ccccc3)nc12. The van der Waals surface area contributed by atoms with Crippen LogP contribution in [0.5, 0.6) is 0 Å². The molecule has 0 radical (unpaired) electrons. The lowest BCUT2D eigenvalue weighted by Gasteiger charge is -2.29. The van der Waals surface area contributed by atoms with Gasteiger partial charge in [0.15, 0.2) is 11.3 Å². The largest absolute Gasteiger partial charge is 0.433 e. The molecule has 1 saturated carbocycles. The van der Waals surface area contributed by atoms with E-state index in [0.717, 1.165) is 37.9 Å². The summed E-state index contributed by atoms with van der Waals surface area (Å²) >= 11 is 0. The number of hydrogen-bond donors (Lipinski definition) is 1. The molecule has 8 heteroatoms. The third-order valence-electron chi connectivity index (χ3n) is 5.50. The fourth-order valence-corrected chi connectivity index (χ4v) is 3.86. The molecule has 0 spiro atoms. The van der Waals surface area contributed by atoms with Crippen LogP contribution in [0.2, 0.25) is 0 Å². The van der Waals surface area contributed by atoms with E-state index >= 15 is 0 Å². The Hall–Kier alpha value is -2.90. The molecule has 1 amide bonds. The van der Waals surface area contributed by atoms with E-state index < -0.39 is 17.8 Å². The highest BCUT2D eigenvalue weighted by Gasteiger charge is 2.36. The average Bonchev–Trinajstić information content (AvgIpc) is 3.13. The van der Waals surface area contributed by atoms with Gasteiger partial charge in [-0.25, -0.2) is 9.50 Å². The molecule has 1 fully saturated rings. The van der Waals surface area contributed by atoms with Crippen LogP contribution in [0.4, 0.5) is 13.2 Å². The van der Waals surface area contributed by atoms with Crippen LogP contribution < -0.4 is 5.32 Å². The van der Waals surface area contributed by atoms with Crippen molar-refractivity contribution < 1.29 is 18.0 Å². The van der Waals surface area contributed by atoms with E-state index in [1.54, 1.807) is 30.3 Å². The molecule has 2 heterocycles. The predicted octanol–water partition coefficient (Wildman–Crippen LogP) is 4.72. The summed E-state index contributed by atoms with van der Waals surface area (Å²) in [5, 5.41) is 6.79. The standard InChI is InChI=1S/C21H21F3N4O/c1-13-7-5-6-10-16(13)27-20(29)15-12-25-28-18(21(22,23)24)11-17(26-19(15)28)14-8-3-2-4-9-14/h2-4,8-9,11-13,16H,5-7,10H2,1H3,(H,27,29). The lowest BCUT2D eigenvalue weighted by molar-refractivity contribution is -0.142. The zero-order valence-electron chi connectivity index (χ0n) is 15.9. The molecule has 5 nitrogen and oxygen atoms in total. The molecule has 0 saturated heterocycles. The van der Waals surface area contributed by atoms with Crippen LogP contribution in [0.25, 0.3) is 16.9 Å². The Morgan fingerprint density at radius 2 is 1.90 bits per heavy atom. The van der Waals surface area contributed by atoms with Crippen LogP contribution in [0, 0.1) is 5.92 Å². The van der Waals surface area contributed by atoms with E-state index in [-0.39, 0.29) is 22.9 Å². The average molecular weight is 402 g/mol. The highest BCUT2D eigenvalue weighted by molar-refractivity contribution is 6.00. The number of carbonyl (C=O) groups is 1. The number of rotatable bonds is 3. The highest BCUT2D eigenvalue weighted by Crippen LogP contribution is 2.33. The topological polar surface area (TPSA) is 59.3 Å². The number of hydrogen-bond acceptors (Lipinski definition) is 3. The molecule has 152 valence electrons. The molecular formula is C21H21F3N4O. The van der Waals surface area contributed by atoms with E-state index in [1.165, 1.54) is 0 Å². The number of alkyl halides is 3. The van der Waals surface area contributed by atoms with Gasteiger partial charge in [-0.15, -0.1) is 0 Å². The summed E-state index contributed by atoms with van der Waals surface area (Å²) < 4.78 is 41.7. The zero-order valence-corrected chi connectivity index (χ0v) is 15.9. The number of aromatic nitrogens is 3. The summed E-state index contributed by atoms with van der Waals surface area (Å²) in [4.78, 5) is 17.2. The van der Waals surface area contributed by atoms with Crippen molar-refractivity contribution >= 4 is 11.6 Å². The smallest absolute Gasteiger partial charge is 0.349 e. The molecule has 0 bridgehead atoms. The van der Waals surface area contributed by atoms with Gasteiger partial charge in [0.1, 0.15) is 5.56 Å². The molecule has 0 aliphatic heterocycles. The van der Waals surface area contributed by atoms with Crippen molar-refractivity contribution in [2.24, 2.45) is 5.92 Å². The van der Waals surface area contributed by atoms with E-state index in [1.807, 2.05) is 0 Å². The Morgan fingerprint density at radius 3 is 2.59 bits per heavy atom. The Balaban J connectivity index is 1.78. The normalized spacial score (nSPS) is 20.0. The number of nitrogens with one attached hydrogen (secondary N) is 1. The third kappa shape index (κ3) is 3.83. The molecular weight excluding hydrogens is 381 g/mol. The molecule has 2 aromatic heterocycles. The number of carbonyl (C=O) groups excluding carboxylic acids is 1. The van der Waals surface area contributed by atoms with Gasteiger partial charge in [0.05, 0.1) is 11.9 Å². The van der Waals surface area contributed by atoms with Gasteiger partial charge in [-0.05, 0) is 24.8 Å². The Bertz CT molecular complexity index is 1030. The van der Waals surface area contributed by atoms with Crippen LogP contribution in [-0.4, -0.2) is 26.5 Å². The Morgan fingerprint density at radius 1 is 1.17 bits per heavy atom. The number of nitrogens with zero attached hydrogens (tertiary/aromatic N) is 3. The fourth-order valence-electron chi connectivity index (χ4n) is 3.86. The van der Waals surface area contributed by atoms with Gasteiger partial charge in [0, 0.05) is 11.6 Å². The molecule has 1 aliphatic rings. The summed E-state index contributed by atoms with van der Waals surface area (Å²) in [6, 6.07) is 9.55. The molecule has 1 aliphatic carbocycles. The number of halogens is 3. The maximum atomic E-state index is 13.7. The lowest BCUT2D eigenvalue weighted by Crippen LogP contribution is -2.41. The summed E-state index contributed by atoms with van der Waals surface area (Å²) in [6.07, 6.45) is 0.564. The summed E-state index contributed by atoms with van der Waals surface area (Å²) in [5.41, 5.74) is -0.336. The second kappa shape index (κ2) is 7.50. The molecule has 4 rings (SSSR count). The minimum atomic E-state index is -4.64. The third-order valence-corrected chi connectivity index (χ3v) is 5.50. The first-order valence-electron chi connectivity index (χ1n) is 9.67. The highest BCUT2D eigenvalue weighted by atomic mass is 19.4. The number of amides is 1. The minimum absolute atomic E-state index is 0.00518. The van der Waals surface area contributed by atoms with Crippen molar-refractivity contribution in [3.05, 3.63) is 53.9 Å². The second-order valence-electron chi connectivity index (χ2n) is 7.53. The number of fused-ring (bicyclic) bond motifs is 1. The molecule has 1 aromatic carbocycles. The first-order chi connectivity index (χ1) is 13.8. The van der Waals surface area contributed by atoms with Crippen LogP contribution in [0.15, 0.2) is 42.6 Å². The fraction of sp³-hybridized carbons (Fsp3) is 0.381. The Kier molecular flexibility index (Phi) is 5.02. The van der Waals surface area contributed by atoms with Crippen molar-refractivity contribution in [2.75, 3.05) is 0 Å².